The van der Waals surface area contributed by atoms with Crippen molar-refractivity contribution in [3.63, 3.8) is 0 Å². The topological polar surface area (TPSA) is 124 Å². The van der Waals surface area contributed by atoms with Crippen molar-refractivity contribution < 1.29 is 26.7 Å². The number of aliphatic imine (C=N–C) groups is 1. The second kappa shape index (κ2) is 8.05. The Morgan fingerprint density at radius 3 is 2.64 bits per heavy atom. The van der Waals surface area contributed by atoms with Crippen LogP contribution in [0.15, 0.2) is 41.5 Å². The minimum absolute atomic E-state index is 0.00769. The van der Waals surface area contributed by atoms with Gasteiger partial charge in [0, 0.05) is 5.69 Å². The van der Waals surface area contributed by atoms with Crippen molar-refractivity contribution in [3.8, 4) is 5.75 Å². The first-order valence-corrected chi connectivity index (χ1v) is 12.0. The fraction of sp³-hybridized carbons (Fsp3) is 0.409. The number of amidine groups is 1. The highest BCUT2D eigenvalue weighted by Crippen LogP contribution is 2.45. The van der Waals surface area contributed by atoms with Gasteiger partial charge in [-0.25, -0.2) is 13.4 Å². The van der Waals surface area contributed by atoms with Crippen LogP contribution in [-0.2, 0) is 21.8 Å². The zero-order valence-corrected chi connectivity index (χ0v) is 19.0. The number of alkyl halides is 2. The fourth-order valence-electron chi connectivity index (χ4n) is 4.21. The Morgan fingerprint density at radius 1 is 1.24 bits per heavy atom. The van der Waals surface area contributed by atoms with Gasteiger partial charge < -0.3 is 15.8 Å². The van der Waals surface area contributed by atoms with E-state index in [-0.39, 0.29) is 23.0 Å². The van der Waals surface area contributed by atoms with Crippen LogP contribution < -0.4 is 15.8 Å². The Morgan fingerprint density at radius 2 is 2.00 bits per heavy atom. The summed E-state index contributed by atoms with van der Waals surface area (Å²) in [4.78, 5) is 21.2. The maximum atomic E-state index is 13.0. The molecule has 2 aromatic rings. The summed E-state index contributed by atoms with van der Waals surface area (Å²) in [5.74, 6) is -0.796. The lowest BCUT2D eigenvalue weighted by Crippen LogP contribution is -2.56. The predicted molar refractivity (Wildman–Crippen MR) is 119 cm³/mol. The van der Waals surface area contributed by atoms with Crippen LogP contribution in [0.5, 0.6) is 5.75 Å². The highest BCUT2D eigenvalue weighted by atomic mass is 32.2. The maximum Gasteiger partial charge on any atom is 0.387 e. The third-order valence-corrected chi connectivity index (χ3v) is 8.88. The van der Waals surface area contributed by atoms with E-state index < -0.39 is 32.6 Å². The van der Waals surface area contributed by atoms with Gasteiger partial charge in [-0.1, -0.05) is 6.07 Å². The molecule has 0 saturated heterocycles. The molecule has 1 aliphatic carbocycles. The molecular weight excluding hydrogens is 454 g/mol. The monoisotopic (exact) mass is 478 g/mol. The number of fused-ring (bicyclic) bond motifs is 2. The van der Waals surface area contributed by atoms with Crippen molar-refractivity contribution in [2.45, 2.75) is 50.0 Å². The predicted octanol–water partition coefficient (Wildman–Crippen LogP) is 3.03. The Bertz CT molecular complexity index is 1230. The minimum atomic E-state index is -3.57. The summed E-state index contributed by atoms with van der Waals surface area (Å²) in [6.07, 6.45) is 3.09. The highest BCUT2D eigenvalue weighted by molar-refractivity contribution is 7.93. The van der Waals surface area contributed by atoms with Gasteiger partial charge in [0.25, 0.3) is 5.91 Å². The van der Waals surface area contributed by atoms with Crippen LogP contribution >= 0.6 is 0 Å². The number of pyridine rings is 1. The van der Waals surface area contributed by atoms with Gasteiger partial charge in [-0.05, 0) is 68.5 Å². The molecule has 4 rings (SSSR count). The van der Waals surface area contributed by atoms with Crippen molar-refractivity contribution in [1.82, 2.24) is 4.98 Å². The van der Waals surface area contributed by atoms with Crippen LogP contribution in [0.25, 0.3) is 0 Å². The first-order valence-electron chi connectivity index (χ1n) is 10.4. The lowest BCUT2D eigenvalue weighted by atomic mass is 9.77. The van der Waals surface area contributed by atoms with Crippen molar-refractivity contribution in [2.24, 2.45) is 10.7 Å². The van der Waals surface area contributed by atoms with Gasteiger partial charge in [-0.2, -0.15) is 8.78 Å². The van der Waals surface area contributed by atoms with E-state index in [1.807, 2.05) is 6.07 Å². The first-order chi connectivity index (χ1) is 15.4. The van der Waals surface area contributed by atoms with Crippen molar-refractivity contribution in [2.75, 3.05) is 11.1 Å². The summed E-state index contributed by atoms with van der Waals surface area (Å²) in [6.45, 7) is 0.123. The first kappa shape index (κ1) is 23.1. The largest absolute Gasteiger partial charge is 0.433 e. The van der Waals surface area contributed by atoms with Gasteiger partial charge in [0.15, 0.2) is 9.84 Å². The van der Waals surface area contributed by atoms with Crippen LogP contribution in [0.2, 0.25) is 0 Å². The van der Waals surface area contributed by atoms with E-state index in [9.17, 15) is 22.0 Å². The number of hydrogen-bond acceptors (Lipinski definition) is 7. The quantitative estimate of drug-likeness (QED) is 0.696. The molecule has 8 nitrogen and oxygen atoms in total. The number of carbonyl (C=O) groups is 1. The van der Waals surface area contributed by atoms with Crippen molar-refractivity contribution >= 4 is 27.3 Å². The van der Waals surface area contributed by atoms with Gasteiger partial charge in [0.1, 0.15) is 27.6 Å². The average molecular weight is 479 g/mol. The zero-order chi connectivity index (χ0) is 24.0. The molecule has 1 spiro atoms. The molecule has 0 fully saturated rings. The van der Waals surface area contributed by atoms with Crippen LogP contribution in [-0.4, -0.2) is 42.3 Å². The molecule has 1 aromatic heterocycles. The standard InChI is InChI=1S/C22H24F2N4O4S/c1-21(2)19(25)28-22(12-33(21,30)31)9-3-4-13-5-6-14(10-16(13)22)27-18(29)17-8-7-15(11-26-17)32-20(23)24/h5-8,10-11,20H,3-4,9,12H2,1-2H3,(H2,25,28)(H,27,29). The Kier molecular flexibility index (Phi) is 5.63. The molecule has 0 saturated carbocycles. The SMILES string of the molecule is CC1(C)C(N)=NC2(CCCc3ccc(NC(=O)c4ccc(OC(F)F)cn4)cc32)CS1(=O)=O. The molecule has 11 heteroatoms. The second-order valence-electron chi connectivity index (χ2n) is 8.74. The molecule has 0 bridgehead atoms. The third-order valence-electron chi connectivity index (χ3n) is 6.26. The molecule has 1 amide bonds. The summed E-state index contributed by atoms with van der Waals surface area (Å²) in [6, 6.07) is 7.79. The summed E-state index contributed by atoms with van der Waals surface area (Å²) >= 11 is 0. The smallest absolute Gasteiger partial charge is 0.387 e. The van der Waals surface area contributed by atoms with Gasteiger partial charge in [-0.15, -0.1) is 0 Å². The molecule has 0 radical (unpaired) electrons. The molecule has 2 heterocycles. The summed E-state index contributed by atoms with van der Waals surface area (Å²) < 4.78 is 53.7. The normalized spacial score (nSPS) is 23.0. The van der Waals surface area contributed by atoms with Crippen molar-refractivity contribution in [1.29, 1.82) is 0 Å². The van der Waals surface area contributed by atoms with E-state index in [4.69, 9.17) is 5.73 Å². The van der Waals surface area contributed by atoms with E-state index in [0.717, 1.165) is 30.2 Å². The molecule has 176 valence electrons. The molecule has 1 aliphatic heterocycles. The number of nitrogens with one attached hydrogen (secondary N) is 1. The van der Waals surface area contributed by atoms with Crippen LogP contribution in [0.3, 0.4) is 0 Å². The Labute approximate surface area is 190 Å². The van der Waals surface area contributed by atoms with Crippen LogP contribution in [0, 0.1) is 0 Å². The molecule has 1 atom stereocenters. The van der Waals surface area contributed by atoms with E-state index >= 15 is 0 Å². The number of rotatable bonds is 4. The number of amides is 1. The number of halogens is 2. The minimum Gasteiger partial charge on any atom is -0.433 e. The van der Waals surface area contributed by atoms with E-state index in [1.54, 1.807) is 26.0 Å². The van der Waals surface area contributed by atoms with Crippen LogP contribution in [0.1, 0.15) is 48.3 Å². The molecule has 33 heavy (non-hydrogen) atoms. The molecule has 1 aromatic carbocycles. The zero-order valence-electron chi connectivity index (χ0n) is 18.1. The fourth-order valence-corrected chi connectivity index (χ4v) is 5.93. The molecule has 1 unspecified atom stereocenters. The second-order valence-corrected chi connectivity index (χ2v) is 11.3. The Hall–Kier alpha value is -3.08. The summed E-state index contributed by atoms with van der Waals surface area (Å²) in [5.41, 5.74) is 7.25. The Balaban J connectivity index is 1.64. The average Bonchev–Trinajstić information content (AvgIpc) is 2.73. The number of nitrogens with zero attached hydrogens (tertiary/aromatic N) is 2. The number of hydrogen-bond donors (Lipinski definition) is 2. The number of ether oxygens (including phenoxy) is 1. The summed E-state index contributed by atoms with van der Waals surface area (Å²) in [5, 5.41) is 2.72. The van der Waals surface area contributed by atoms with E-state index in [2.05, 4.69) is 20.0 Å². The molecule has 3 N–H and O–H groups in total. The number of aromatic nitrogens is 1. The summed E-state index contributed by atoms with van der Waals surface area (Å²) in [7, 11) is -3.57. The number of aryl methyl sites for hydroxylation is 1. The van der Waals surface area contributed by atoms with Gasteiger partial charge in [0.2, 0.25) is 0 Å². The lowest BCUT2D eigenvalue weighted by molar-refractivity contribution is -0.0500. The van der Waals surface area contributed by atoms with E-state index in [0.29, 0.717) is 12.1 Å². The van der Waals surface area contributed by atoms with E-state index in [1.165, 1.54) is 12.1 Å². The van der Waals surface area contributed by atoms with Crippen molar-refractivity contribution in [3.05, 3.63) is 53.3 Å². The number of benzene rings is 1. The highest BCUT2D eigenvalue weighted by Gasteiger charge is 2.51. The van der Waals surface area contributed by atoms with Crippen LogP contribution in [0.4, 0.5) is 14.5 Å². The number of anilines is 1. The number of sulfone groups is 1. The lowest BCUT2D eigenvalue weighted by Gasteiger charge is -2.43. The molecule has 2 aliphatic rings. The molecular formula is C22H24F2N4O4S. The van der Waals surface area contributed by atoms with Gasteiger partial charge in [0.05, 0.1) is 11.9 Å². The maximum absolute atomic E-state index is 13.0. The third kappa shape index (κ3) is 4.17. The van der Waals surface area contributed by atoms with Gasteiger partial charge >= 0.3 is 6.61 Å². The number of nitrogens with two attached hydrogens (primary N) is 1. The number of carbonyl (C=O) groups excluding carboxylic acids is 1. The van der Waals surface area contributed by atoms with Gasteiger partial charge in [-0.3, -0.25) is 9.79 Å².